The minimum absolute atomic E-state index is 0.0682. The molecule has 2 amide bonds. The van der Waals surface area contributed by atoms with E-state index < -0.39 is 17.6 Å². The maximum absolute atomic E-state index is 12.6. The lowest BCUT2D eigenvalue weighted by atomic mass is 10.1. The van der Waals surface area contributed by atoms with Gasteiger partial charge >= 0.3 is 6.18 Å². The van der Waals surface area contributed by atoms with Crippen LogP contribution in [0.1, 0.15) is 15.9 Å². The Labute approximate surface area is 172 Å². The summed E-state index contributed by atoms with van der Waals surface area (Å²) in [5.41, 5.74) is 0.250. The Morgan fingerprint density at radius 2 is 1.70 bits per heavy atom. The number of methoxy groups -OCH3 is 1. The summed E-state index contributed by atoms with van der Waals surface area (Å²) in [4.78, 5) is 28.3. The Balaban J connectivity index is 1.48. The number of rotatable bonds is 5. The quantitative estimate of drug-likeness (QED) is 0.807. The molecule has 0 aromatic heterocycles. The third-order valence-electron chi connectivity index (χ3n) is 4.93. The summed E-state index contributed by atoms with van der Waals surface area (Å²) in [6, 6.07) is 11.5. The molecule has 6 nitrogen and oxygen atoms in total. The second-order valence-corrected chi connectivity index (χ2v) is 6.83. The van der Waals surface area contributed by atoms with Gasteiger partial charge in [-0.25, -0.2) is 0 Å². The minimum atomic E-state index is -4.46. The third-order valence-corrected chi connectivity index (χ3v) is 4.93. The molecule has 2 aromatic rings. The number of piperazine rings is 1. The zero-order chi connectivity index (χ0) is 21.7. The van der Waals surface area contributed by atoms with Crippen molar-refractivity contribution in [3.8, 4) is 5.75 Å². The highest BCUT2D eigenvalue weighted by Crippen LogP contribution is 2.29. The fraction of sp³-hybridized carbons (Fsp3) is 0.333. The summed E-state index contributed by atoms with van der Waals surface area (Å²) in [6.07, 6.45) is -4.46. The Kier molecular flexibility index (Phi) is 6.49. The van der Waals surface area contributed by atoms with E-state index in [1.165, 1.54) is 0 Å². The van der Waals surface area contributed by atoms with E-state index in [2.05, 4.69) is 10.2 Å². The van der Waals surface area contributed by atoms with E-state index in [4.69, 9.17) is 4.74 Å². The number of ether oxygens (including phenoxy) is 1. The molecular weight excluding hydrogens is 399 g/mol. The highest BCUT2D eigenvalue weighted by atomic mass is 19.4. The van der Waals surface area contributed by atoms with Gasteiger partial charge < -0.3 is 19.9 Å². The molecule has 0 unspecified atom stereocenters. The van der Waals surface area contributed by atoms with Crippen molar-refractivity contribution in [3.63, 3.8) is 0 Å². The number of amides is 2. The van der Waals surface area contributed by atoms with Crippen LogP contribution < -0.4 is 15.0 Å². The van der Waals surface area contributed by atoms with Gasteiger partial charge in [-0.15, -0.1) is 0 Å². The number of carbonyl (C=O) groups excluding carboxylic acids is 2. The molecule has 0 bridgehead atoms. The second kappa shape index (κ2) is 9.06. The first-order valence-electron chi connectivity index (χ1n) is 9.40. The van der Waals surface area contributed by atoms with Crippen LogP contribution in [0.4, 0.5) is 18.9 Å². The number of carbonyl (C=O) groups is 2. The molecule has 1 saturated heterocycles. The van der Waals surface area contributed by atoms with Crippen LogP contribution in [0.5, 0.6) is 5.75 Å². The number of halogens is 3. The van der Waals surface area contributed by atoms with Gasteiger partial charge in [0.2, 0.25) is 5.91 Å². The smallest absolute Gasteiger partial charge is 0.416 e. The van der Waals surface area contributed by atoms with Crippen LogP contribution in [0, 0.1) is 0 Å². The lowest BCUT2D eigenvalue weighted by Crippen LogP contribution is -2.51. The van der Waals surface area contributed by atoms with Gasteiger partial charge in [-0.2, -0.15) is 13.2 Å². The Morgan fingerprint density at radius 1 is 1.03 bits per heavy atom. The molecule has 1 heterocycles. The lowest BCUT2D eigenvalue weighted by molar-refractivity contribution is -0.137. The van der Waals surface area contributed by atoms with E-state index >= 15 is 0 Å². The highest BCUT2D eigenvalue weighted by Gasteiger charge is 2.30. The molecule has 0 saturated carbocycles. The molecule has 160 valence electrons. The largest absolute Gasteiger partial charge is 0.497 e. The van der Waals surface area contributed by atoms with E-state index in [9.17, 15) is 22.8 Å². The monoisotopic (exact) mass is 421 g/mol. The summed E-state index contributed by atoms with van der Waals surface area (Å²) in [5.74, 6) is -0.0652. The van der Waals surface area contributed by atoms with Crippen LogP contribution in [0.3, 0.4) is 0 Å². The number of alkyl halides is 3. The zero-order valence-electron chi connectivity index (χ0n) is 16.4. The SMILES string of the molecule is COc1cccc(N2CCN(C(=O)CNC(=O)c3ccc(C(F)(F)F)cc3)CC2)c1. The fourth-order valence-electron chi connectivity index (χ4n) is 3.20. The molecule has 0 spiro atoms. The molecule has 1 aliphatic rings. The normalized spacial score (nSPS) is 14.4. The maximum Gasteiger partial charge on any atom is 0.416 e. The Morgan fingerprint density at radius 3 is 2.30 bits per heavy atom. The molecule has 2 aromatic carbocycles. The van der Waals surface area contributed by atoms with Gasteiger partial charge in [-0.05, 0) is 36.4 Å². The molecule has 1 N–H and O–H groups in total. The summed E-state index contributed by atoms with van der Waals surface area (Å²) in [5, 5.41) is 2.47. The van der Waals surface area contributed by atoms with Gasteiger partial charge in [0.1, 0.15) is 5.75 Å². The van der Waals surface area contributed by atoms with Gasteiger partial charge in [0.05, 0.1) is 19.2 Å². The van der Waals surface area contributed by atoms with E-state index in [0.717, 1.165) is 35.7 Å². The molecule has 1 fully saturated rings. The maximum atomic E-state index is 12.6. The number of nitrogens with zero attached hydrogens (tertiary/aromatic N) is 2. The first kappa shape index (κ1) is 21.5. The van der Waals surface area contributed by atoms with Gasteiger partial charge in [0.25, 0.3) is 5.91 Å². The van der Waals surface area contributed by atoms with E-state index in [-0.39, 0.29) is 18.0 Å². The van der Waals surface area contributed by atoms with Gasteiger partial charge in [0.15, 0.2) is 0 Å². The van der Waals surface area contributed by atoms with E-state index in [1.54, 1.807) is 12.0 Å². The van der Waals surface area contributed by atoms with Crippen molar-refractivity contribution in [1.29, 1.82) is 0 Å². The van der Waals surface area contributed by atoms with Gasteiger partial charge in [-0.1, -0.05) is 6.07 Å². The summed E-state index contributed by atoms with van der Waals surface area (Å²) in [6.45, 7) is 2.09. The summed E-state index contributed by atoms with van der Waals surface area (Å²) < 4.78 is 43.0. The molecule has 0 atom stereocenters. The Bertz CT molecular complexity index is 892. The molecule has 1 aliphatic heterocycles. The van der Waals surface area contributed by atoms with Crippen molar-refractivity contribution in [1.82, 2.24) is 10.2 Å². The Hall–Kier alpha value is -3.23. The van der Waals surface area contributed by atoms with Crippen LogP contribution >= 0.6 is 0 Å². The topological polar surface area (TPSA) is 61.9 Å². The molecule has 0 radical (unpaired) electrons. The van der Waals surface area contributed by atoms with Gasteiger partial charge in [0, 0.05) is 43.5 Å². The first-order valence-corrected chi connectivity index (χ1v) is 9.40. The van der Waals surface area contributed by atoms with Crippen molar-refractivity contribution >= 4 is 17.5 Å². The van der Waals surface area contributed by atoms with E-state index in [0.29, 0.717) is 26.2 Å². The predicted molar refractivity (Wildman–Crippen MR) is 106 cm³/mol. The first-order chi connectivity index (χ1) is 14.3. The average molecular weight is 421 g/mol. The van der Waals surface area contributed by atoms with E-state index in [1.807, 2.05) is 24.3 Å². The zero-order valence-corrected chi connectivity index (χ0v) is 16.4. The predicted octanol–water partition coefficient (Wildman–Crippen LogP) is 2.79. The van der Waals surface area contributed by atoms with Crippen molar-refractivity contribution < 1.29 is 27.5 Å². The lowest BCUT2D eigenvalue weighted by Gasteiger charge is -2.36. The highest BCUT2D eigenvalue weighted by molar-refractivity contribution is 5.96. The van der Waals surface area contributed by atoms with Crippen LogP contribution in [-0.4, -0.2) is 56.5 Å². The van der Waals surface area contributed by atoms with Crippen LogP contribution in [0.15, 0.2) is 48.5 Å². The number of benzene rings is 2. The van der Waals surface area contributed by atoms with Crippen molar-refractivity contribution in [2.75, 3.05) is 44.7 Å². The molecule has 9 heteroatoms. The van der Waals surface area contributed by atoms with Crippen LogP contribution in [-0.2, 0) is 11.0 Å². The molecule has 3 rings (SSSR count). The number of nitrogens with one attached hydrogen (secondary N) is 1. The van der Waals surface area contributed by atoms with Crippen molar-refractivity contribution in [2.45, 2.75) is 6.18 Å². The standard InChI is InChI=1S/C21H22F3N3O3/c1-30-18-4-2-3-17(13-18)26-9-11-27(12-10-26)19(28)14-25-20(29)15-5-7-16(8-6-15)21(22,23)24/h2-8,13H,9-12,14H2,1H3,(H,25,29). The van der Waals surface area contributed by atoms with Crippen molar-refractivity contribution in [2.24, 2.45) is 0 Å². The van der Waals surface area contributed by atoms with Crippen molar-refractivity contribution in [3.05, 3.63) is 59.7 Å². The minimum Gasteiger partial charge on any atom is -0.497 e. The third kappa shape index (κ3) is 5.22. The van der Waals surface area contributed by atoms with Gasteiger partial charge in [-0.3, -0.25) is 9.59 Å². The second-order valence-electron chi connectivity index (χ2n) is 6.83. The average Bonchev–Trinajstić information content (AvgIpc) is 2.77. The van der Waals surface area contributed by atoms with Crippen LogP contribution in [0.25, 0.3) is 0 Å². The summed E-state index contributed by atoms with van der Waals surface area (Å²) >= 11 is 0. The van der Waals surface area contributed by atoms with Crippen LogP contribution in [0.2, 0.25) is 0 Å². The number of hydrogen-bond donors (Lipinski definition) is 1. The summed E-state index contributed by atoms with van der Waals surface area (Å²) in [7, 11) is 1.61. The number of anilines is 1. The molecular formula is C21H22F3N3O3. The fourth-order valence-corrected chi connectivity index (χ4v) is 3.20. The molecule has 30 heavy (non-hydrogen) atoms. The molecule has 0 aliphatic carbocycles. The number of hydrogen-bond acceptors (Lipinski definition) is 4.